The van der Waals surface area contributed by atoms with Crippen LogP contribution in [0.1, 0.15) is 15.9 Å². The van der Waals surface area contributed by atoms with E-state index in [4.69, 9.17) is 5.11 Å². The molecule has 192 valence electrons. The van der Waals surface area contributed by atoms with Crippen LogP contribution in [0.15, 0.2) is 70.5 Å². The minimum atomic E-state index is -4.05. The number of carbonyl (C=O) groups excluding carboxylic acids is 2. The highest BCUT2D eigenvalue weighted by Crippen LogP contribution is 2.36. The first-order valence-corrected chi connectivity index (χ1v) is 13.8. The van der Waals surface area contributed by atoms with E-state index in [2.05, 4.69) is 20.3 Å². The smallest absolute Gasteiger partial charge is 0.335 e. The molecule has 0 radical (unpaired) electrons. The molecule has 5 rings (SSSR count). The van der Waals surface area contributed by atoms with E-state index in [-0.39, 0.29) is 26.2 Å². The molecule has 3 aromatic carbocycles. The molecule has 1 fully saturated rings. The molecule has 10 nitrogen and oxygen atoms in total. The normalized spacial score (nSPS) is 14.6. The number of anilines is 3. The number of thioether (sulfide) groups is 1. The van der Waals surface area contributed by atoms with E-state index < -0.39 is 33.0 Å². The Kier molecular flexibility index (Phi) is 6.60. The standard InChI is InChI=1S/C24H15FN4O6S3/c25-16-9-10-17-20(19(16)26-14-5-3-13(4-6-14)22(31)32)37-23(27-17)29-38(34,35)15-7-1-12(2-8-15)11-18-21(30)28-24(33)36-18/h1-11,26H,(H,27,29)(H,31,32)(H,28,30,33)/b18-11-. The van der Waals surface area contributed by atoms with E-state index in [0.717, 1.165) is 23.1 Å². The van der Waals surface area contributed by atoms with Crippen molar-refractivity contribution in [1.29, 1.82) is 0 Å². The van der Waals surface area contributed by atoms with Crippen LogP contribution in [0.4, 0.5) is 25.7 Å². The molecular weight excluding hydrogens is 555 g/mol. The minimum absolute atomic E-state index is 0.0126. The molecule has 0 unspecified atom stereocenters. The fraction of sp³-hybridized carbons (Fsp3) is 0. The highest BCUT2D eigenvalue weighted by atomic mass is 32.2. The van der Waals surface area contributed by atoms with E-state index >= 15 is 0 Å². The number of carboxylic acids is 1. The zero-order valence-corrected chi connectivity index (χ0v) is 21.3. The summed E-state index contributed by atoms with van der Waals surface area (Å²) < 4.78 is 43.3. The number of hydrogen-bond donors (Lipinski definition) is 4. The summed E-state index contributed by atoms with van der Waals surface area (Å²) in [6.45, 7) is 0. The molecule has 1 aromatic heterocycles. The maximum absolute atomic E-state index is 14.7. The van der Waals surface area contributed by atoms with Crippen LogP contribution in [0, 0.1) is 5.82 Å². The summed E-state index contributed by atoms with van der Waals surface area (Å²) in [4.78, 5) is 38.4. The van der Waals surface area contributed by atoms with Gasteiger partial charge in [-0.1, -0.05) is 23.5 Å². The summed E-state index contributed by atoms with van der Waals surface area (Å²) in [5.41, 5.74) is 1.45. The molecule has 2 heterocycles. The van der Waals surface area contributed by atoms with Crippen molar-refractivity contribution in [2.75, 3.05) is 10.0 Å². The fourth-order valence-corrected chi connectivity index (χ4v) is 6.33. The number of amides is 2. The van der Waals surface area contributed by atoms with Gasteiger partial charge in [0.15, 0.2) is 5.13 Å². The molecule has 2 amide bonds. The lowest BCUT2D eigenvalue weighted by Crippen LogP contribution is -2.17. The van der Waals surface area contributed by atoms with Gasteiger partial charge in [0.2, 0.25) is 0 Å². The van der Waals surface area contributed by atoms with Gasteiger partial charge in [0, 0.05) is 5.69 Å². The van der Waals surface area contributed by atoms with Crippen LogP contribution in [-0.4, -0.2) is 35.6 Å². The largest absolute Gasteiger partial charge is 0.478 e. The van der Waals surface area contributed by atoms with Crippen LogP contribution >= 0.6 is 23.1 Å². The van der Waals surface area contributed by atoms with Gasteiger partial charge in [-0.2, -0.15) is 0 Å². The summed E-state index contributed by atoms with van der Waals surface area (Å²) >= 11 is 1.68. The Bertz CT molecular complexity index is 1750. The Morgan fingerprint density at radius 3 is 2.37 bits per heavy atom. The molecule has 0 aliphatic carbocycles. The number of halogens is 1. The van der Waals surface area contributed by atoms with Crippen molar-refractivity contribution in [2.24, 2.45) is 0 Å². The number of carbonyl (C=O) groups is 3. The van der Waals surface area contributed by atoms with Gasteiger partial charge in [-0.25, -0.2) is 22.6 Å². The molecule has 4 aromatic rings. The highest BCUT2D eigenvalue weighted by molar-refractivity contribution is 8.18. The molecule has 14 heteroatoms. The quantitative estimate of drug-likeness (QED) is 0.225. The molecule has 0 saturated carbocycles. The summed E-state index contributed by atoms with van der Waals surface area (Å²) in [6.07, 6.45) is 1.47. The predicted molar refractivity (Wildman–Crippen MR) is 143 cm³/mol. The maximum atomic E-state index is 14.7. The Labute approximate surface area is 222 Å². The van der Waals surface area contributed by atoms with E-state index in [9.17, 15) is 27.2 Å². The van der Waals surface area contributed by atoms with Gasteiger partial charge < -0.3 is 10.4 Å². The fourth-order valence-electron chi connectivity index (χ4n) is 3.46. The number of rotatable bonds is 7. The Hall–Kier alpha value is -4.27. The molecule has 1 saturated heterocycles. The third kappa shape index (κ3) is 5.22. The first-order valence-electron chi connectivity index (χ1n) is 10.7. The van der Waals surface area contributed by atoms with Crippen molar-refractivity contribution in [3.8, 4) is 0 Å². The molecule has 0 bridgehead atoms. The summed E-state index contributed by atoms with van der Waals surface area (Å²) in [7, 11) is -4.05. The second kappa shape index (κ2) is 9.89. The number of aromatic nitrogens is 1. The molecule has 38 heavy (non-hydrogen) atoms. The average Bonchev–Trinajstić information content (AvgIpc) is 3.42. The van der Waals surface area contributed by atoms with Crippen LogP contribution in [0.5, 0.6) is 0 Å². The minimum Gasteiger partial charge on any atom is -0.478 e. The van der Waals surface area contributed by atoms with E-state index in [1.54, 1.807) is 0 Å². The first-order chi connectivity index (χ1) is 18.1. The predicted octanol–water partition coefficient (Wildman–Crippen LogP) is 5.00. The number of fused-ring (bicyclic) bond motifs is 1. The van der Waals surface area contributed by atoms with Crippen molar-refractivity contribution in [3.63, 3.8) is 0 Å². The van der Waals surface area contributed by atoms with E-state index in [0.29, 0.717) is 21.5 Å². The molecule has 1 aliphatic heterocycles. The van der Waals surface area contributed by atoms with E-state index in [1.165, 1.54) is 66.7 Å². The zero-order chi connectivity index (χ0) is 27.0. The summed E-state index contributed by atoms with van der Waals surface area (Å²) in [5, 5.41) is 13.6. The number of nitrogens with zero attached hydrogens (tertiary/aromatic N) is 1. The lowest BCUT2D eigenvalue weighted by Gasteiger charge is -2.08. The lowest BCUT2D eigenvalue weighted by molar-refractivity contribution is -0.115. The topological polar surface area (TPSA) is 155 Å². The number of benzene rings is 3. The van der Waals surface area contributed by atoms with Crippen molar-refractivity contribution in [3.05, 3.63) is 82.5 Å². The van der Waals surface area contributed by atoms with Crippen molar-refractivity contribution in [1.82, 2.24) is 10.3 Å². The second-order valence-electron chi connectivity index (χ2n) is 7.82. The molecule has 4 N–H and O–H groups in total. The number of carboxylic acid groups (broad SMARTS) is 1. The highest BCUT2D eigenvalue weighted by Gasteiger charge is 2.25. The van der Waals surface area contributed by atoms with Gasteiger partial charge in [-0.15, -0.1) is 0 Å². The Morgan fingerprint density at radius 1 is 1.03 bits per heavy atom. The number of aromatic carboxylic acids is 1. The Morgan fingerprint density at radius 2 is 1.74 bits per heavy atom. The number of hydrogen-bond acceptors (Lipinski definition) is 9. The Balaban J connectivity index is 1.38. The second-order valence-corrected chi connectivity index (χ2v) is 11.5. The van der Waals surface area contributed by atoms with Crippen molar-refractivity contribution in [2.45, 2.75) is 4.90 Å². The third-order valence-corrected chi connectivity index (χ3v) is 8.56. The number of thiazole rings is 1. The zero-order valence-electron chi connectivity index (χ0n) is 18.9. The van der Waals surface area contributed by atoms with Gasteiger partial charge in [-0.05, 0) is 71.9 Å². The molecular formula is C24H15FN4O6S3. The first kappa shape index (κ1) is 25.4. The molecule has 0 atom stereocenters. The van der Waals surface area contributed by atoms with Crippen LogP contribution in [-0.2, 0) is 14.8 Å². The maximum Gasteiger partial charge on any atom is 0.335 e. The van der Waals surface area contributed by atoms with Gasteiger partial charge in [0.05, 0.1) is 31.3 Å². The lowest BCUT2D eigenvalue weighted by atomic mass is 10.2. The number of sulfonamides is 1. The third-order valence-electron chi connectivity index (χ3n) is 5.26. The van der Waals surface area contributed by atoms with Gasteiger partial charge in [-0.3, -0.25) is 19.6 Å². The monoisotopic (exact) mass is 570 g/mol. The van der Waals surface area contributed by atoms with Crippen LogP contribution < -0.4 is 15.4 Å². The summed E-state index contributed by atoms with van der Waals surface area (Å²) in [6, 6.07) is 14.0. The van der Waals surface area contributed by atoms with Gasteiger partial charge in [0.1, 0.15) is 5.82 Å². The van der Waals surface area contributed by atoms with E-state index in [1.807, 2.05) is 0 Å². The van der Waals surface area contributed by atoms with Crippen molar-refractivity contribution < 1.29 is 32.3 Å². The number of nitrogens with one attached hydrogen (secondary N) is 3. The number of imide groups is 1. The SMILES string of the molecule is O=C1NC(=O)/C(=C/c2ccc(S(=O)(=O)Nc3nc4ccc(F)c(Nc5ccc(C(=O)O)cc5)c4s3)cc2)S1. The molecule has 0 spiro atoms. The molecule has 1 aliphatic rings. The van der Waals surface area contributed by atoms with Gasteiger partial charge in [0.25, 0.3) is 21.2 Å². The van der Waals surface area contributed by atoms with Crippen LogP contribution in [0.25, 0.3) is 16.3 Å². The van der Waals surface area contributed by atoms with Crippen LogP contribution in [0.2, 0.25) is 0 Å². The summed E-state index contributed by atoms with van der Waals surface area (Å²) in [5.74, 6) is -2.21. The van der Waals surface area contributed by atoms with Gasteiger partial charge >= 0.3 is 5.97 Å². The van der Waals surface area contributed by atoms with Crippen molar-refractivity contribution >= 4 is 83.0 Å². The average molecular weight is 571 g/mol. The van der Waals surface area contributed by atoms with Crippen LogP contribution in [0.3, 0.4) is 0 Å².